The molecule has 0 fully saturated rings. The Balaban J connectivity index is 2.62. The number of urea groups is 1. The van der Waals surface area contributed by atoms with E-state index in [0.717, 1.165) is 0 Å². The Morgan fingerprint density at radius 2 is 2.39 bits per heavy atom. The maximum absolute atomic E-state index is 11.4. The second-order valence-electron chi connectivity index (χ2n) is 3.58. The molecule has 1 heterocycles. The van der Waals surface area contributed by atoms with E-state index in [0.29, 0.717) is 12.1 Å². The summed E-state index contributed by atoms with van der Waals surface area (Å²) in [5.74, 6) is 5.29. The normalized spacial score (nSPS) is 18.4. The molecule has 98 valence electrons. The molecule has 1 atom stereocenters. The van der Waals surface area contributed by atoms with Gasteiger partial charge in [0.15, 0.2) is 0 Å². The molecule has 3 amide bonds. The predicted molar refractivity (Wildman–Crippen MR) is 66.8 cm³/mol. The molecule has 0 saturated carbocycles. The maximum Gasteiger partial charge on any atom is 0.322 e. The molecule has 1 aliphatic rings. The third-order valence-corrected chi connectivity index (χ3v) is 2.30. The Hall–Kier alpha value is -2.04. The standard InChI is InChI=1S/C11H17N5O2/c1-2-16-7-8(10(13)15-11(16)18)4-3-5-14-9(17)6-12/h7,10H,2,5-6,12-13H2,1H3,(H,14,17)(H,15,18). The van der Waals surface area contributed by atoms with Crippen molar-refractivity contribution in [3.63, 3.8) is 0 Å². The summed E-state index contributed by atoms with van der Waals surface area (Å²) in [6, 6.07) is -0.244. The SMILES string of the molecule is CCN1C=C(C#CCNC(=O)CN)C(N)NC1=O. The van der Waals surface area contributed by atoms with Crippen LogP contribution in [0.4, 0.5) is 4.79 Å². The quantitative estimate of drug-likeness (QED) is 0.447. The van der Waals surface area contributed by atoms with E-state index < -0.39 is 6.17 Å². The molecule has 1 rings (SSSR count). The summed E-state index contributed by atoms with van der Waals surface area (Å²) in [6.07, 6.45) is 0.999. The minimum atomic E-state index is -0.613. The Morgan fingerprint density at radius 3 is 3.00 bits per heavy atom. The Kier molecular flexibility index (Phi) is 5.17. The van der Waals surface area contributed by atoms with Crippen molar-refractivity contribution in [3.8, 4) is 11.8 Å². The molecule has 0 aromatic rings. The van der Waals surface area contributed by atoms with Gasteiger partial charge in [0.1, 0.15) is 6.17 Å². The van der Waals surface area contributed by atoms with E-state index in [-0.39, 0.29) is 25.0 Å². The minimum Gasteiger partial charge on any atom is -0.344 e. The molecular formula is C11H17N5O2. The molecule has 0 spiro atoms. The van der Waals surface area contributed by atoms with E-state index in [4.69, 9.17) is 11.5 Å². The summed E-state index contributed by atoms with van der Waals surface area (Å²) in [7, 11) is 0. The molecule has 1 unspecified atom stereocenters. The third-order valence-electron chi connectivity index (χ3n) is 2.30. The molecule has 1 aliphatic heterocycles. The van der Waals surface area contributed by atoms with Gasteiger partial charge >= 0.3 is 6.03 Å². The number of carbonyl (C=O) groups is 2. The molecule has 0 aromatic carbocycles. The topological polar surface area (TPSA) is 113 Å². The number of nitrogens with one attached hydrogen (secondary N) is 2. The zero-order valence-corrected chi connectivity index (χ0v) is 10.2. The number of rotatable bonds is 3. The summed E-state index contributed by atoms with van der Waals surface area (Å²) in [5.41, 5.74) is 11.4. The van der Waals surface area contributed by atoms with Gasteiger partial charge in [0.2, 0.25) is 5.91 Å². The van der Waals surface area contributed by atoms with Gasteiger partial charge < -0.3 is 27.0 Å². The van der Waals surface area contributed by atoms with Crippen LogP contribution in [0.2, 0.25) is 0 Å². The van der Waals surface area contributed by atoms with E-state index in [2.05, 4.69) is 22.5 Å². The minimum absolute atomic E-state index is 0.0659. The van der Waals surface area contributed by atoms with E-state index in [1.54, 1.807) is 6.20 Å². The Labute approximate surface area is 106 Å². The third kappa shape index (κ3) is 3.76. The van der Waals surface area contributed by atoms with Crippen LogP contribution in [0, 0.1) is 11.8 Å². The van der Waals surface area contributed by atoms with E-state index in [9.17, 15) is 9.59 Å². The van der Waals surface area contributed by atoms with Gasteiger partial charge in [-0.3, -0.25) is 4.79 Å². The first-order chi connectivity index (χ1) is 8.58. The maximum atomic E-state index is 11.4. The average Bonchev–Trinajstić information content (AvgIpc) is 2.36. The number of hydrogen-bond acceptors (Lipinski definition) is 4. The van der Waals surface area contributed by atoms with Crippen molar-refractivity contribution in [2.24, 2.45) is 11.5 Å². The lowest BCUT2D eigenvalue weighted by Gasteiger charge is -2.27. The first-order valence-corrected chi connectivity index (χ1v) is 5.58. The van der Waals surface area contributed by atoms with Crippen molar-refractivity contribution in [2.45, 2.75) is 13.1 Å². The van der Waals surface area contributed by atoms with Gasteiger partial charge in [-0.1, -0.05) is 11.8 Å². The van der Waals surface area contributed by atoms with Crippen molar-refractivity contribution in [2.75, 3.05) is 19.6 Å². The van der Waals surface area contributed by atoms with Crippen LogP contribution in [-0.4, -0.2) is 42.6 Å². The predicted octanol–water partition coefficient (Wildman–Crippen LogP) is -1.72. The Morgan fingerprint density at radius 1 is 1.67 bits per heavy atom. The van der Waals surface area contributed by atoms with Crippen LogP contribution in [0.3, 0.4) is 0 Å². The number of nitrogens with zero attached hydrogens (tertiary/aromatic N) is 1. The highest BCUT2D eigenvalue weighted by molar-refractivity contribution is 5.78. The smallest absolute Gasteiger partial charge is 0.322 e. The first kappa shape index (κ1) is 14.0. The Bertz CT molecular complexity index is 421. The lowest BCUT2D eigenvalue weighted by molar-refractivity contribution is -0.119. The molecular weight excluding hydrogens is 234 g/mol. The second-order valence-corrected chi connectivity index (χ2v) is 3.58. The van der Waals surface area contributed by atoms with Crippen molar-refractivity contribution in [3.05, 3.63) is 11.8 Å². The monoisotopic (exact) mass is 251 g/mol. The lowest BCUT2D eigenvalue weighted by atomic mass is 10.2. The van der Waals surface area contributed by atoms with Crippen molar-refractivity contribution in [1.29, 1.82) is 0 Å². The molecule has 7 nitrogen and oxygen atoms in total. The van der Waals surface area contributed by atoms with Gasteiger partial charge in [-0.15, -0.1) is 0 Å². The highest BCUT2D eigenvalue weighted by Gasteiger charge is 2.21. The summed E-state index contributed by atoms with van der Waals surface area (Å²) < 4.78 is 0. The van der Waals surface area contributed by atoms with Crippen LogP contribution in [0.25, 0.3) is 0 Å². The van der Waals surface area contributed by atoms with Crippen molar-refractivity contribution in [1.82, 2.24) is 15.5 Å². The fourth-order valence-electron chi connectivity index (χ4n) is 1.31. The van der Waals surface area contributed by atoms with Crippen LogP contribution in [0.15, 0.2) is 11.8 Å². The molecule has 0 saturated heterocycles. The average molecular weight is 251 g/mol. The number of hydrogen-bond donors (Lipinski definition) is 4. The van der Waals surface area contributed by atoms with Crippen molar-refractivity contribution < 1.29 is 9.59 Å². The summed E-state index contributed by atoms with van der Waals surface area (Å²) >= 11 is 0. The van der Waals surface area contributed by atoms with Crippen LogP contribution >= 0.6 is 0 Å². The molecule has 0 aliphatic carbocycles. The van der Waals surface area contributed by atoms with Crippen LogP contribution in [-0.2, 0) is 4.79 Å². The fourth-order valence-corrected chi connectivity index (χ4v) is 1.31. The van der Waals surface area contributed by atoms with Gasteiger partial charge in [0.25, 0.3) is 0 Å². The largest absolute Gasteiger partial charge is 0.344 e. The molecule has 0 aromatic heterocycles. The first-order valence-electron chi connectivity index (χ1n) is 5.58. The summed E-state index contributed by atoms with van der Waals surface area (Å²) in [6.45, 7) is 2.51. The number of carbonyl (C=O) groups excluding carboxylic acids is 2. The number of nitrogens with two attached hydrogens (primary N) is 2. The van der Waals surface area contributed by atoms with Gasteiger partial charge in [0, 0.05) is 12.7 Å². The summed E-state index contributed by atoms with van der Waals surface area (Å²) in [5, 5.41) is 5.09. The molecule has 6 N–H and O–H groups in total. The van der Waals surface area contributed by atoms with Crippen LogP contribution in [0.5, 0.6) is 0 Å². The summed E-state index contributed by atoms with van der Waals surface area (Å²) in [4.78, 5) is 23.7. The molecule has 7 heteroatoms. The van der Waals surface area contributed by atoms with Crippen LogP contribution < -0.4 is 22.1 Å². The van der Waals surface area contributed by atoms with Gasteiger partial charge in [-0.25, -0.2) is 4.79 Å². The number of amides is 3. The van der Waals surface area contributed by atoms with Gasteiger partial charge in [-0.2, -0.15) is 0 Å². The fraction of sp³-hybridized carbons (Fsp3) is 0.455. The van der Waals surface area contributed by atoms with Crippen LogP contribution in [0.1, 0.15) is 6.92 Å². The lowest BCUT2D eigenvalue weighted by Crippen LogP contribution is -2.51. The second kappa shape index (κ2) is 6.64. The van der Waals surface area contributed by atoms with Gasteiger partial charge in [-0.05, 0) is 6.92 Å². The van der Waals surface area contributed by atoms with E-state index >= 15 is 0 Å². The zero-order chi connectivity index (χ0) is 13.5. The van der Waals surface area contributed by atoms with Crippen molar-refractivity contribution >= 4 is 11.9 Å². The molecule has 18 heavy (non-hydrogen) atoms. The zero-order valence-electron chi connectivity index (χ0n) is 10.2. The highest BCUT2D eigenvalue weighted by Crippen LogP contribution is 2.06. The highest BCUT2D eigenvalue weighted by atomic mass is 16.2. The molecule has 0 radical (unpaired) electrons. The van der Waals surface area contributed by atoms with E-state index in [1.807, 2.05) is 6.92 Å². The van der Waals surface area contributed by atoms with E-state index in [1.165, 1.54) is 4.90 Å². The van der Waals surface area contributed by atoms with Gasteiger partial charge in [0.05, 0.1) is 18.7 Å². The molecule has 0 bridgehead atoms.